The number of ether oxygens (including phenoxy) is 1. The minimum atomic E-state index is -0.682. The summed E-state index contributed by atoms with van der Waals surface area (Å²) in [6, 6.07) is 0. The van der Waals surface area contributed by atoms with E-state index in [-0.39, 0.29) is 0 Å². The van der Waals surface area contributed by atoms with Crippen molar-refractivity contribution in [2.75, 3.05) is 13.2 Å². The molecule has 1 aliphatic rings. The maximum atomic E-state index is 10.4. The fraction of sp³-hybridized carbons (Fsp3) is 0.900. The van der Waals surface area contributed by atoms with E-state index in [1.54, 1.807) is 0 Å². The van der Waals surface area contributed by atoms with Gasteiger partial charge in [-0.25, -0.2) is 0 Å². The van der Waals surface area contributed by atoms with Crippen molar-refractivity contribution in [1.29, 1.82) is 0 Å². The second-order valence-corrected chi connectivity index (χ2v) is 3.86. The molecule has 0 aromatic rings. The van der Waals surface area contributed by atoms with Gasteiger partial charge in [-0.2, -0.15) is 0 Å². The molecule has 1 N–H and O–H groups in total. The molecule has 0 bridgehead atoms. The molecular formula is C10H18O3. The first-order valence-electron chi connectivity index (χ1n) is 4.99. The van der Waals surface area contributed by atoms with Gasteiger partial charge in [0.25, 0.3) is 0 Å². The topological polar surface area (TPSA) is 46.5 Å². The summed E-state index contributed by atoms with van der Waals surface area (Å²) < 4.78 is 5.26. The van der Waals surface area contributed by atoms with E-state index in [4.69, 9.17) is 9.84 Å². The van der Waals surface area contributed by atoms with Crippen molar-refractivity contribution in [3.8, 4) is 0 Å². The van der Waals surface area contributed by atoms with Crippen LogP contribution in [0.1, 0.15) is 32.6 Å². The molecule has 3 heteroatoms. The third-order valence-electron chi connectivity index (χ3n) is 2.88. The Balaban J connectivity index is 2.20. The Morgan fingerprint density at radius 2 is 2.15 bits per heavy atom. The molecule has 0 aliphatic carbocycles. The predicted molar refractivity (Wildman–Crippen MR) is 49.6 cm³/mol. The maximum absolute atomic E-state index is 10.4. The van der Waals surface area contributed by atoms with Crippen LogP contribution >= 0.6 is 0 Å². The van der Waals surface area contributed by atoms with Crippen LogP contribution in [-0.2, 0) is 9.53 Å². The van der Waals surface area contributed by atoms with Crippen molar-refractivity contribution in [3.05, 3.63) is 0 Å². The van der Waals surface area contributed by atoms with Crippen LogP contribution in [0.4, 0.5) is 0 Å². The van der Waals surface area contributed by atoms with Crippen LogP contribution in [0.2, 0.25) is 0 Å². The molecule has 1 saturated heterocycles. The van der Waals surface area contributed by atoms with E-state index in [9.17, 15) is 4.79 Å². The molecule has 0 amide bonds. The Bertz CT molecular complexity index is 162. The Labute approximate surface area is 79.1 Å². The molecule has 1 unspecified atom stereocenters. The highest BCUT2D eigenvalue weighted by Crippen LogP contribution is 2.26. The van der Waals surface area contributed by atoms with Crippen molar-refractivity contribution in [3.63, 3.8) is 0 Å². The first-order valence-corrected chi connectivity index (χ1v) is 4.99. The standard InChI is InChI=1S/C10H18O3/c1-8(2-3-10(11)12)9-4-6-13-7-5-9/h8-9H,2-7H2,1H3,(H,11,12). The van der Waals surface area contributed by atoms with E-state index in [1.165, 1.54) is 0 Å². The van der Waals surface area contributed by atoms with Gasteiger partial charge in [-0.1, -0.05) is 6.92 Å². The summed E-state index contributed by atoms with van der Waals surface area (Å²) in [6.07, 6.45) is 3.31. The molecule has 1 aliphatic heterocycles. The molecule has 1 fully saturated rings. The number of carbonyl (C=O) groups is 1. The van der Waals surface area contributed by atoms with Gasteiger partial charge in [0.15, 0.2) is 0 Å². The average molecular weight is 186 g/mol. The monoisotopic (exact) mass is 186 g/mol. The summed E-state index contributed by atoms with van der Waals surface area (Å²) in [7, 11) is 0. The summed E-state index contributed by atoms with van der Waals surface area (Å²) in [5.74, 6) is 0.520. The molecule has 1 rings (SSSR count). The summed E-state index contributed by atoms with van der Waals surface area (Å²) in [6.45, 7) is 3.85. The molecule has 0 aromatic carbocycles. The third-order valence-corrected chi connectivity index (χ3v) is 2.88. The number of hydrogen-bond donors (Lipinski definition) is 1. The molecule has 0 spiro atoms. The number of carboxylic acids is 1. The van der Waals surface area contributed by atoms with Gasteiger partial charge < -0.3 is 9.84 Å². The van der Waals surface area contributed by atoms with Crippen LogP contribution in [0, 0.1) is 11.8 Å². The van der Waals surface area contributed by atoms with Gasteiger partial charge in [0, 0.05) is 19.6 Å². The van der Waals surface area contributed by atoms with Crippen LogP contribution in [0.3, 0.4) is 0 Å². The Kier molecular flexibility index (Phi) is 4.22. The number of aliphatic carboxylic acids is 1. The first kappa shape index (κ1) is 10.5. The first-order chi connectivity index (χ1) is 6.20. The van der Waals surface area contributed by atoms with Gasteiger partial charge in [0.05, 0.1) is 0 Å². The number of rotatable bonds is 4. The SMILES string of the molecule is CC(CCC(=O)O)C1CCOCC1. The van der Waals surface area contributed by atoms with Gasteiger partial charge in [0.1, 0.15) is 0 Å². The lowest BCUT2D eigenvalue weighted by Crippen LogP contribution is -2.22. The molecular weight excluding hydrogens is 168 g/mol. The molecule has 13 heavy (non-hydrogen) atoms. The lowest BCUT2D eigenvalue weighted by molar-refractivity contribution is -0.137. The predicted octanol–water partition coefficient (Wildman–Crippen LogP) is 1.91. The summed E-state index contributed by atoms with van der Waals surface area (Å²) in [5, 5.41) is 8.54. The number of hydrogen-bond acceptors (Lipinski definition) is 2. The Morgan fingerprint density at radius 1 is 1.54 bits per heavy atom. The third kappa shape index (κ3) is 3.77. The fourth-order valence-electron chi connectivity index (χ4n) is 1.87. The molecule has 76 valence electrons. The van der Waals surface area contributed by atoms with E-state index in [0.29, 0.717) is 18.3 Å². The van der Waals surface area contributed by atoms with Crippen molar-refractivity contribution < 1.29 is 14.6 Å². The second kappa shape index (κ2) is 5.22. The van der Waals surface area contributed by atoms with Crippen molar-refractivity contribution in [2.45, 2.75) is 32.6 Å². The van der Waals surface area contributed by atoms with E-state index in [1.807, 2.05) is 0 Å². The summed E-state index contributed by atoms with van der Waals surface area (Å²) in [5.41, 5.74) is 0. The van der Waals surface area contributed by atoms with Gasteiger partial charge in [-0.15, -0.1) is 0 Å². The molecule has 0 radical (unpaired) electrons. The highest BCUT2D eigenvalue weighted by atomic mass is 16.5. The van der Waals surface area contributed by atoms with Crippen LogP contribution in [0.5, 0.6) is 0 Å². The zero-order chi connectivity index (χ0) is 9.68. The van der Waals surface area contributed by atoms with Gasteiger partial charge in [0.2, 0.25) is 0 Å². The lowest BCUT2D eigenvalue weighted by Gasteiger charge is -2.27. The zero-order valence-corrected chi connectivity index (χ0v) is 8.16. The summed E-state index contributed by atoms with van der Waals surface area (Å²) >= 11 is 0. The molecule has 0 aromatic heterocycles. The largest absolute Gasteiger partial charge is 0.481 e. The zero-order valence-electron chi connectivity index (χ0n) is 8.16. The molecule has 3 nitrogen and oxygen atoms in total. The maximum Gasteiger partial charge on any atom is 0.303 e. The quantitative estimate of drug-likeness (QED) is 0.729. The van der Waals surface area contributed by atoms with Crippen LogP contribution in [0.15, 0.2) is 0 Å². The Hall–Kier alpha value is -0.570. The average Bonchev–Trinajstić information content (AvgIpc) is 2.15. The Morgan fingerprint density at radius 3 is 2.69 bits per heavy atom. The molecule has 0 saturated carbocycles. The van der Waals surface area contributed by atoms with Crippen molar-refractivity contribution in [2.24, 2.45) is 11.8 Å². The van der Waals surface area contributed by atoms with Gasteiger partial charge in [-0.3, -0.25) is 4.79 Å². The van der Waals surface area contributed by atoms with Crippen LogP contribution in [0.25, 0.3) is 0 Å². The van der Waals surface area contributed by atoms with Gasteiger partial charge in [-0.05, 0) is 31.1 Å². The van der Waals surface area contributed by atoms with Crippen LogP contribution < -0.4 is 0 Å². The fourth-order valence-corrected chi connectivity index (χ4v) is 1.87. The van der Waals surface area contributed by atoms with Crippen molar-refractivity contribution >= 4 is 5.97 Å². The van der Waals surface area contributed by atoms with E-state index >= 15 is 0 Å². The van der Waals surface area contributed by atoms with E-state index < -0.39 is 5.97 Å². The van der Waals surface area contributed by atoms with Crippen molar-refractivity contribution in [1.82, 2.24) is 0 Å². The second-order valence-electron chi connectivity index (χ2n) is 3.86. The van der Waals surface area contributed by atoms with Crippen LogP contribution in [-0.4, -0.2) is 24.3 Å². The minimum Gasteiger partial charge on any atom is -0.481 e. The minimum absolute atomic E-state index is 0.304. The molecule has 1 heterocycles. The smallest absolute Gasteiger partial charge is 0.303 e. The van der Waals surface area contributed by atoms with Gasteiger partial charge >= 0.3 is 5.97 Å². The normalized spacial score (nSPS) is 21.3. The highest BCUT2D eigenvalue weighted by Gasteiger charge is 2.20. The van der Waals surface area contributed by atoms with E-state index in [2.05, 4.69) is 6.92 Å². The number of carboxylic acid groups (broad SMARTS) is 1. The summed E-state index contributed by atoms with van der Waals surface area (Å²) in [4.78, 5) is 10.4. The highest BCUT2D eigenvalue weighted by molar-refractivity contribution is 5.66. The van der Waals surface area contributed by atoms with E-state index in [0.717, 1.165) is 32.5 Å². The molecule has 1 atom stereocenters. The lowest BCUT2D eigenvalue weighted by atomic mass is 9.84.